The van der Waals surface area contributed by atoms with Gasteiger partial charge in [0.1, 0.15) is 0 Å². The molecule has 2 rings (SSSR count). The van der Waals surface area contributed by atoms with E-state index in [1.54, 1.807) is 23.5 Å². The average molecular weight is 281 g/mol. The van der Waals surface area contributed by atoms with Gasteiger partial charge in [-0.3, -0.25) is 4.79 Å². The van der Waals surface area contributed by atoms with Crippen LogP contribution in [0.15, 0.2) is 41.1 Å². The third-order valence-corrected chi connectivity index (χ3v) is 3.96. The molecule has 0 saturated heterocycles. The molecule has 1 atom stereocenters. The van der Waals surface area contributed by atoms with E-state index in [1.165, 1.54) is 5.56 Å². The predicted molar refractivity (Wildman–Crippen MR) is 74.5 cm³/mol. The van der Waals surface area contributed by atoms with E-state index in [2.05, 4.69) is 0 Å². The standard InChI is InChI=1S/C14H13ClO2S/c15-13-4-2-1-3-11(13)12(14(16)17)6-5-10-7-8-18-9-10/h1-4,7-9,12H,5-6H2,(H,16,17). The number of carbonyl (C=O) groups is 1. The van der Waals surface area contributed by atoms with Crippen LogP contribution in [-0.2, 0) is 11.2 Å². The number of hydrogen-bond donors (Lipinski definition) is 1. The predicted octanol–water partition coefficient (Wildman–Crippen LogP) is 4.20. The van der Waals surface area contributed by atoms with Crippen LogP contribution in [0.2, 0.25) is 5.02 Å². The first kappa shape index (κ1) is 13.1. The zero-order valence-electron chi connectivity index (χ0n) is 9.67. The molecule has 94 valence electrons. The van der Waals surface area contributed by atoms with Gasteiger partial charge in [0.25, 0.3) is 0 Å². The minimum absolute atomic E-state index is 0.523. The van der Waals surface area contributed by atoms with Crippen molar-refractivity contribution in [3.05, 3.63) is 57.2 Å². The first-order valence-electron chi connectivity index (χ1n) is 5.67. The van der Waals surface area contributed by atoms with Crippen LogP contribution in [0.5, 0.6) is 0 Å². The summed E-state index contributed by atoms with van der Waals surface area (Å²) in [5.74, 6) is -1.36. The van der Waals surface area contributed by atoms with Crippen LogP contribution < -0.4 is 0 Å². The van der Waals surface area contributed by atoms with Crippen molar-refractivity contribution in [3.8, 4) is 0 Å². The van der Waals surface area contributed by atoms with E-state index >= 15 is 0 Å². The van der Waals surface area contributed by atoms with E-state index < -0.39 is 11.9 Å². The Bertz CT molecular complexity index is 522. The van der Waals surface area contributed by atoms with Crippen LogP contribution in [0.3, 0.4) is 0 Å². The van der Waals surface area contributed by atoms with Crippen molar-refractivity contribution in [2.45, 2.75) is 18.8 Å². The summed E-state index contributed by atoms with van der Waals surface area (Å²) in [6.45, 7) is 0. The zero-order chi connectivity index (χ0) is 13.0. The number of thiophene rings is 1. The highest BCUT2D eigenvalue weighted by molar-refractivity contribution is 7.07. The Balaban J connectivity index is 2.14. The maximum atomic E-state index is 11.4. The Labute approximate surface area is 115 Å². The number of rotatable bonds is 5. The fourth-order valence-corrected chi connectivity index (χ4v) is 2.89. The van der Waals surface area contributed by atoms with Gasteiger partial charge >= 0.3 is 5.97 Å². The van der Waals surface area contributed by atoms with Gasteiger partial charge in [0.05, 0.1) is 5.92 Å². The van der Waals surface area contributed by atoms with Crippen LogP contribution in [0.1, 0.15) is 23.5 Å². The van der Waals surface area contributed by atoms with Crippen molar-refractivity contribution in [2.24, 2.45) is 0 Å². The minimum Gasteiger partial charge on any atom is -0.481 e. The minimum atomic E-state index is -0.821. The van der Waals surface area contributed by atoms with E-state index in [0.29, 0.717) is 17.0 Å². The Morgan fingerprint density at radius 3 is 2.72 bits per heavy atom. The molecule has 0 spiro atoms. The number of carboxylic acids is 1. The molecule has 1 aromatic heterocycles. The molecule has 4 heteroatoms. The van der Waals surface area contributed by atoms with E-state index in [0.717, 1.165) is 6.42 Å². The van der Waals surface area contributed by atoms with Gasteiger partial charge in [0.2, 0.25) is 0 Å². The summed E-state index contributed by atoms with van der Waals surface area (Å²) in [5.41, 5.74) is 1.88. The Morgan fingerprint density at radius 2 is 2.11 bits per heavy atom. The van der Waals surface area contributed by atoms with Gasteiger partial charge in [0, 0.05) is 5.02 Å². The molecule has 0 aliphatic carbocycles. The molecule has 1 aromatic carbocycles. The molecule has 0 aliphatic rings. The molecule has 2 nitrogen and oxygen atoms in total. The van der Waals surface area contributed by atoms with Crippen molar-refractivity contribution in [1.82, 2.24) is 0 Å². The molecule has 2 aromatic rings. The van der Waals surface area contributed by atoms with Crippen molar-refractivity contribution >= 4 is 28.9 Å². The second-order valence-electron chi connectivity index (χ2n) is 4.08. The van der Waals surface area contributed by atoms with Gasteiger partial charge in [0.15, 0.2) is 0 Å². The van der Waals surface area contributed by atoms with Crippen molar-refractivity contribution < 1.29 is 9.90 Å². The molecular formula is C14H13ClO2S. The molecule has 1 N–H and O–H groups in total. The van der Waals surface area contributed by atoms with Crippen LogP contribution in [0, 0.1) is 0 Å². The summed E-state index contributed by atoms with van der Waals surface area (Å²) in [5, 5.41) is 13.9. The van der Waals surface area contributed by atoms with Crippen LogP contribution in [0.4, 0.5) is 0 Å². The molecule has 0 radical (unpaired) electrons. The number of halogens is 1. The molecule has 18 heavy (non-hydrogen) atoms. The summed E-state index contributed by atoms with van der Waals surface area (Å²) in [6.07, 6.45) is 1.32. The third kappa shape index (κ3) is 3.12. The Kier molecular flexibility index (Phi) is 4.39. The average Bonchev–Trinajstić information content (AvgIpc) is 2.84. The molecule has 0 saturated carbocycles. The maximum Gasteiger partial charge on any atom is 0.311 e. The first-order chi connectivity index (χ1) is 8.68. The quantitative estimate of drug-likeness (QED) is 0.891. The van der Waals surface area contributed by atoms with E-state index in [-0.39, 0.29) is 0 Å². The fourth-order valence-electron chi connectivity index (χ4n) is 1.92. The summed E-state index contributed by atoms with van der Waals surface area (Å²) >= 11 is 7.69. The smallest absolute Gasteiger partial charge is 0.311 e. The Morgan fingerprint density at radius 1 is 1.33 bits per heavy atom. The van der Waals surface area contributed by atoms with Crippen molar-refractivity contribution in [3.63, 3.8) is 0 Å². The lowest BCUT2D eigenvalue weighted by molar-refractivity contribution is -0.138. The van der Waals surface area contributed by atoms with E-state index in [4.69, 9.17) is 11.6 Å². The number of aliphatic carboxylic acids is 1. The lowest BCUT2D eigenvalue weighted by Gasteiger charge is -2.13. The lowest BCUT2D eigenvalue weighted by atomic mass is 9.93. The Hall–Kier alpha value is -1.32. The highest BCUT2D eigenvalue weighted by Crippen LogP contribution is 2.28. The maximum absolute atomic E-state index is 11.4. The van der Waals surface area contributed by atoms with Gasteiger partial charge < -0.3 is 5.11 Å². The summed E-state index contributed by atoms with van der Waals surface area (Å²) in [6, 6.07) is 9.17. The van der Waals surface area contributed by atoms with Crippen LogP contribution >= 0.6 is 22.9 Å². The largest absolute Gasteiger partial charge is 0.481 e. The molecular weight excluding hydrogens is 268 g/mol. The summed E-state index contributed by atoms with van der Waals surface area (Å²) < 4.78 is 0. The second kappa shape index (κ2) is 6.03. The van der Waals surface area contributed by atoms with Gasteiger partial charge in [-0.05, 0) is 46.9 Å². The number of hydrogen-bond acceptors (Lipinski definition) is 2. The highest BCUT2D eigenvalue weighted by Gasteiger charge is 2.21. The molecule has 0 aliphatic heterocycles. The van der Waals surface area contributed by atoms with Crippen LogP contribution in [0.25, 0.3) is 0 Å². The zero-order valence-corrected chi connectivity index (χ0v) is 11.2. The fraction of sp³-hybridized carbons (Fsp3) is 0.214. The summed E-state index contributed by atoms with van der Waals surface area (Å²) in [4.78, 5) is 11.4. The molecule has 1 unspecified atom stereocenters. The number of aryl methyl sites for hydroxylation is 1. The number of carboxylic acid groups (broad SMARTS) is 1. The molecule has 0 bridgehead atoms. The van der Waals surface area contributed by atoms with E-state index in [1.807, 2.05) is 29.0 Å². The number of benzene rings is 1. The summed E-state index contributed by atoms with van der Waals surface area (Å²) in [7, 11) is 0. The third-order valence-electron chi connectivity index (χ3n) is 2.88. The van der Waals surface area contributed by atoms with Crippen LogP contribution in [-0.4, -0.2) is 11.1 Å². The van der Waals surface area contributed by atoms with E-state index in [9.17, 15) is 9.90 Å². The second-order valence-corrected chi connectivity index (χ2v) is 5.27. The molecule has 1 heterocycles. The first-order valence-corrected chi connectivity index (χ1v) is 6.99. The monoisotopic (exact) mass is 280 g/mol. The van der Waals surface area contributed by atoms with Gasteiger partial charge in [-0.25, -0.2) is 0 Å². The highest BCUT2D eigenvalue weighted by atomic mass is 35.5. The van der Waals surface area contributed by atoms with Gasteiger partial charge in [-0.2, -0.15) is 11.3 Å². The molecule has 0 amide bonds. The van der Waals surface area contributed by atoms with Crippen molar-refractivity contribution in [2.75, 3.05) is 0 Å². The van der Waals surface area contributed by atoms with Gasteiger partial charge in [-0.15, -0.1) is 0 Å². The van der Waals surface area contributed by atoms with Crippen molar-refractivity contribution in [1.29, 1.82) is 0 Å². The lowest BCUT2D eigenvalue weighted by Crippen LogP contribution is -2.13. The molecule has 0 fully saturated rings. The SMILES string of the molecule is O=C(O)C(CCc1ccsc1)c1ccccc1Cl. The van der Waals surface area contributed by atoms with Gasteiger partial charge in [-0.1, -0.05) is 29.8 Å². The topological polar surface area (TPSA) is 37.3 Å². The normalized spacial score (nSPS) is 12.3.